The molecule has 0 saturated carbocycles. The van der Waals surface area contributed by atoms with E-state index in [0.29, 0.717) is 47.3 Å². The Balaban J connectivity index is 1.37. The Kier molecular flexibility index (Phi) is 6.51. The fourth-order valence-corrected chi connectivity index (χ4v) is 3.96. The molecule has 38 heavy (non-hydrogen) atoms. The molecular formula is C22H24N12O4. The largest absolute Gasteiger partial charge is 0.494 e. The number of pyridine rings is 1. The van der Waals surface area contributed by atoms with Crippen molar-refractivity contribution in [3.8, 4) is 17.6 Å². The Morgan fingerprint density at radius 1 is 1.21 bits per heavy atom. The van der Waals surface area contributed by atoms with Crippen LogP contribution in [0.1, 0.15) is 23.1 Å². The molecule has 0 unspecified atom stereocenters. The van der Waals surface area contributed by atoms with Crippen molar-refractivity contribution in [3.63, 3.8) is 0 Å². The summed E-state index contributed by atoms with van der Waals surface area (Å²) in [7, 11) is 3.23. The lowest BCUT2D eigenvalue weighted by molar-refractivity contribution is -0.126. The number of carbonyl (C=O) groups is 2. The number of rotatable bonds is 10. The summed E-state index contributed by atoms with van der Waals surface area (Å²) in [6.07, 6.45) is 7.37. The normalized spacial score (nSPS) is 11.2. The zero-order valence-electron chi connectivity index (χ0n) is 21.1. The third-order valence-corrected chi connectivity index (χ3v) is 5.91. The molecule has 5 heterocycles. The fraction of sp³-hybridized carbons (Fsp3) is 0.318. The SMILES string of the molecule is CCN(CCN(C)c1nnnn1-c1ncco1)C(=O)C(=O)c1c[nH]c2c(-n3cnc(C)n3)ncc(OC)c12. The van der Waals surface area contributed by atoms with Gasteiger partial charge in [-0.25, -0.2) is 19.6 Å². The van der Waals surface area contributed by atoms with Gasteiger partial charge in [0.1, 0.15) is 24.2 Å². The number of H-pyrrole nitrogens is 1. The van der Waals surface area contributed by atoms with E-state index in [4.69, 9.17) is 9.15 Å². The predicted molar refractivity (Wildman–Crippen MR) is 131 cm³/mol. The topological polar surface area (TPSA) is 179 Å². The number of Topliss-reactive ketones (excluding diaryl/α,β-unsaturated/α-hetero) is 1. The molecule has 16 nitrogen and oxygen atoms in total. The molecule has 0 aromatic carbocycles. The Morgan fingerprint density at radius 3 is 2.74 bits per heavy atom. The molecule has 0 aliphatic carbocycles. The van der Waals surface area contributed by atoms with Gasteiger partial charge in [0.05, 0.1) is 36.0 Å². The third-order valence-electron chi connectivity index (χ3n) is 5.91. The van der Waals surface area contributed by atoms with Crippen LogP contribution in [0.15, 0.2) is 35.6 Å². The number of fused-ring (bicyclic) bond motifs is 1. The van der Waals surface area contributed by atoms with Crippen molar-refractivity contribution in [2.45, 2.75) is 13.8 Å². The van der Waals surface area contributed by atoms with Gasteiger partial charge in [-0.05, 0) is 24.3 Å². The van der Waals surface area contributed by atoms with Crippen LogP contribution in [-0.4, -0.2) is 100 Å². The number of ketones is 1. The van der Waals surface area contributed by atoms with Crippen LogP contribution >= 0.6 is 0 Å². The van der Waals surface area contributed by atoms with Gasteiger partial charge in [0.25, 0.3) is 17.6 Å². The Labute approximate surface area is 215 Å². The van der Waals surface area contributed by atoms with E-state index in [9.17, 15) is 9.59 Å². The van der Waals surface area contributed by atoms with E-state index in [0.717, 1.165) is 0 Å². The number of likely N-dealkylation sites (N-methyl/N-ethyl adjacent to an activating group) is 2. The summed E-state index contributed by atoms with van der Waals surface area (Å²) in [6, 6.07) is 0.207. The minimum Gasteiger partial charge on any atom is -0.494 e. The number of tetrazole rings is 1. The van der Waals surface area contributed by atoms with Crippen molar-refractivity contribution in [1.29, 1.82) is 0 Å². The van der Waals surface area contributed by atoms with E-state index in [1.54, 1.807) is 25.8 Å². The summed E-state index contributed by atoms with van der Waals surface area (Å²) in [4.78, 5) is 45.6. The molecular weight excluding hydrogens is 496 g/mol. The van der Waals surface area contributed by atoms with Gasteiger partial charge >= 0.3 is 6.01 Å². The Hall–Kier alpha value is -5.15. The number of aryl methyl sites for hydroxylation is 1. The van der Waals surface area contributed by atoms with E-state index in [1.807, 2.05) is 0 Å². The van der Waals surface area contributed by atoms with Gasteiger partial charge in [-0.3, -0.25) is 9.59 Å². The summed E-state index contributed by atoms with van der Waals surface area (Å²) in [5.41, 5.74) is 0.661. The van der Waals surface area contributed by atoms with Crippen molar-refractivity contribution in [3.05, 3.63) is 42.6 Å². The first-order chi connectivity index (χ1) is 18.4. The van der Waals surface area contributed by atoms with Crippen LogP contribution in [-0.2, 0) is 4.79 Å². The molecule has 1 N–H and O–H groups in total. The number of ether oxygens (including phenoxy) is 1. The van der Waals surface area contributed by atoms with Crippen molar-refractivity contribution >= 4 is 28.5 Å². The van der Waals surface area contributed by atoms with Crippen LogP contribution in [0.3, 0.4) is 0 Å². The summed E-state index contributed by atoms with van der Waals surface area (Å²) in [5.74, 6) is 0.352. The second-order valence-electron chi connectivity index (χ2n) is 8.18. The number of oxazole rings is 1. The van der Waals surface area contributed by atoms with Crippen LogP contribution in [0.5, 0.6) is 5.75 Å². The van der Waals surface area contributed by atoms with Crippen molar-refractivity contribution in [1.82, 2.24) is 54.8 Å². The molecule has 16 heteroatoms. The van der Waals surface area contributed by atoms with E-state index in [-0.39, 0.29) is 18.1 Å². The van der Waals surface area contributed by atoms with Gasteiger partial charge in [0.2, 0.25) is 0 Å². The molecule has 0 saturated heterocycles. The Bertz CT molecular complexity index is 1580. The Morgan fingerprint density at radius 2 is 2.05 bits per heavy atom. The molecule has 0 atom stereocenters. The van der Waals surface area contributed by atoms with E-state index in [2.05, 4.69) is 40.6 Å². The number of nitrogens with zero attached hydrogens (tertiary/aromatic N) is 11. The standard InChI is InChI=1S/C22H24N12O4/c1-5-32(8-7-31(3)21-27-29-30-34(21)22-23-6-9-38-22)20(36)18(35)14-10-24-17-16(14)15(37-4)11-25-19(17)33-12-26-13(2)28-33/h6,9-12,24H,5,7-8H2,1-4H3. The summed E-state index contributed by atoms with van der Waals surface area (Å²) < 4.78 is 13.5. The maximum atomic E-state index is 13.4. The number of nitrogens with one attached hydrogen (secondary N) is 1. The molecule has 1 amide bonds. The molecule has 0 aliphatic rings. The second-order valence-corrected chi connectivity index (χ2v) is 8.18. The van der Waals surface area contributed by atoms with Crippen LogP contribution in [0, 0.1) is 6.92 Å². The molecule has 5 aromatic rings. The van der Waals surface area contributed by atoms with Gasteiger partial charge < -0.3 is 23.9 Å². The number of anilines is 1. The highest BCUT2D eigenvalue weighted by Crippen LogP contribution is 2.31. The predicted octanol–water partition coefficient (Wildman–Crippen LogP) is 0.592. The van der Waals surface area contributed by atoms with Crippen LogP contribution in [0.2, 0.25) is 0 Å². The number of carbonyl (C=O) groups excluding carboxylic acids is 2. The summed E-state index contributed by atoms with van der Waals surface area (Å²) >= 11 is 0. The van der Waals surface area contributed by atoms with Gasteiger partial charge in [0, 0.05) is 32.9 Å². The highest BCUT2D eigenvalue weighted by molar-refractivity contribution is 6.45. The number of aromatic nitrogens is 10. The smallest absolute Gasteiger partial charge is 0.327 e. The minimum absolute atomic E-state index is 0.168. The lowest BCUT2D eigenvalue weighted by Crippen LogP contribution is -2.41. The quantitative estimate of drug-likeness (QED) is 0.200. The number of hydrogen-bond acceptors (Lipinski definition) is 12. The molecule has 5 aromatic heterocycles. The molecule has 5 rings (SSSR count). The average molecular weight is 521 g/mol. The zero-order chi connectivity index (χ0) is 26.8. The van der Waals surface area contributed by atoms with Crippen molar-refractivity contribution < 1.29 is 18.7 Å². The fourth-order valence-electron chi connectivity index (χ4n) is 3.96. The minimum atomic E-state index is -0.685. The number of aromatic amines is 1. The molecule has 0 fully saturated rings. The molecule has 0 spiro atoms. The maximum Gasteiger partial charge on any atom is 0.327 e. The van der Waals surface area contributed by atoms with E-state index in [1.165, 1.54) is 52.6 Å². The average Bonchev–Trinajstić information content (AvgIpc) is 3.73. The first-order valence-corrected chi connectivity index (χ1v) is 11.6. The highest BCUT2D eigenvalue weighted by Gasteiger charge is 2.28. The number of methoxy groups -OCH3 is 1. The number of hydrogen-bond donors (Lipinski definition) is 1. The van der Waals surface area contributed by atoms with Gasteiger partial charge in [-0.15, -0.1) is 4.68 Å². The molecule has 196 valence electrons. The van der Waals surface area contributed by atoms with E-state index >= 15 is 0 Å². The van der Waals surface area contributed by atoms with E-state index < -0.39 is 11.7 Å². The highest BCUT2D eigenvalue weighted by atomic mass is 16.5. The van der Waals surface area contributed by atoms with Crippen LogP contribution < -0.4 is 9.64 Å². The van der Waals surface area contributed by atoms with Gasteiger partial charge in [0.15, 0.2) is 5.82 Å². The first-order valence-electron chi connectivity index (χ1n) is 11.6. The summed E-state index contributed by atoms with van der Waals surface area (Å²) in [6.45, 7) is 4.44. The third kappa shape index (κ3) is 4.31. The lowest BCUT2D eigenvalue weighted by Gasteiger charge is -2.24. The monoisotopic (exact) mass is 520 g/mol. The van der Waals surface area contributed by atoms with Crippen molar-refractivity contribution in [2.75, 3.05) is 38.7 Å². The molecule has 0 bridgehead atoms. The van der Waals surface area contributed by atoms with Crippen LogP contribution in [0.25, 0.3) is 22.7 Å². The first kappa shape index (κ1) is 24.5. The molecule has 0 aliphatic heterocycles. The lowest BCUT2D eigenvalue weighted by atomic mass is 10.1. The second kappa shape index (κ2) is 10.1. The molecule has 0 radical (unpaired) electrons. The van der Waals surface area contributed by atoms with Crippen LogP contribution in [0.4, 0.5) is 5.95 Å². The maximum absolute atomic E-state index is 13.4. The van der Waals surface area contributed by atoms with Crippen molar-refractivity contribution in [2.24, 2.45) is 0 Å². The van der Waals surface area contributed by atoms with Gasteiger partial charge in [-0.2, -0.15) is 5.10 Å². The number of amides is 1. The summed E-state index contributed by atoms with van der Waals surface area (Å²) in [5, 5.41) is 16.3. The van der Waals surface area contributed by atoms with Gasteiger partial charge in [-0.1, -0.05) is 5.10 Å². The zero-order valence-corrected chi connectivity index (χ0v) is 21.1.